The van der Waals surface area contributed by atoms with Gasteiger partial charge < -0.3 is 9.47 Å². The molecule has 0 saturated carbocycles. The van der Waals surface area contributed by atoms with Gasteiger partial charge in [0.2, 0.25) is 6.10 Å². The van der Waals surface area contributed by atoms with Gasteiger partial charge in [0.1, 0.15) is 6.61 Å². The zero-order valence-corrected chi connectivity index (χ0v) is 14.7. The summed E-state index contributed by atoms with van der Waals surface area (Å²) < 4.78 is 11.9. The van der Waals surface area contributed by atoms with Gasteiger partial charge in [-0.25, -0.2) is 0 Å². The fourth-order valence-corrected chi connectivity index (χ4v) is 2.59. The number of hydrazine groups is 1. The molecule has 0 aliphatic carbocycles. The maximum atomic E-state index is 12.1. The summed E-state index contributed by atoms with van der Waals surface area (Å²) in [5.41, 5.74) is 5.50. The minimum atomic E-state index is -0.829. The van der Waals surface area contributed by atoms with Crippen LogP contribution in [0.1, 0.15) is 5.56 Å². The summed E-state index contributed by atoms with van der Waals surface area (Å²) in [5, 5.41) is 0. The van der Waals surface area contributed by atoms with E-state index in [2.05, 4.69) is 26.8 Å². The molecule has 1 aliphatic heterocycles. The number of para-hydroxylation sites is 2. The molecule has 3 rings (SSSR count). The van der Waals surface area contributed by atoms with E-state index >= 15 is 0 Å². The summed E-state index contributed by atoms with van der Waals surface area (Å²) in [7, 11) is 0. The Morgan fingerprint density at radius 1 is 1.08 bits per heavy atom. The first-order valence-electron chi connectivity index (χ1n) is 7.54. The molecule has 25 heavy (non-hydrogen) atoms. The number of hydrogen-bond donors (Lipinski definition) is 2. The van der Waals surface area contributed by atoms with E-state index in [0.29, 0.717) is 11.5 Å². The number of hydrogen-bond acceptors (Lipinski definition) is 4. The zero-order chi connectivity index (χ0) is 17.6. The second-order valence-electron chi connectivity index (χ2n) is 5.23. The van der Waals surface area contributed by atoms with Crippen molar-refractivity contribution in [1.29, 1.82) is 0 Å². The van der Waals surface area contributed by atoms with E-state index in [-0.39, 0.29) is 6.61 Å². The first kappa shape index (κ1) is 17.0. The lowest BCUT2D eigenvalue weighted by Crippen LogP contribution is -2.50. The van der Waals surface area contributed by atoms with Crippen molar-refractivity contribution in [3.63, 3.8) is 0 Å². The van der Waals surface area contributed by atoms with Crippen LogP contribution in [0.15, 0.2) is 59.1 Å². The topological polar surface area (TPSA) is 76.7 Å². The summed E-state index contributed by atoms with van der Waals surface area (Å²) in [5.74, 6) is 0.145. The summed E-state index contributed by atoms with van der Waals surface area (Å²) in [6, 6.07) is 14.6. The van der Waals surface area contributed by atoms with E-state index in [9.17, 15) is 9.59 Å². The third-order valence-corrected chi connectivity index (χ3v) is 3.88. The first-order valence-corrected chi connectivity index (χ1v) is 8.33. The standard InChI is InChI=1S/C18H15BrN2O4/c19-13-5-3-4-12(10-13)8-9-17(22)20-21-18(23)16-11-24-14-6-1-2-7-15(14)25-16/h1-10,16H,11H2,(H,20,22)(H,21,23)/b9-8+/t16-/m1/s1. The molecule has 1 heterocycles. The molecule has 0 unspecified atom stereocenters. The molecule has 0 aromatic heterocycles. The second kappa shape index (κ2) is 7.85. The highest BCUT2D eigenvalue weighted by Gasteiger charge is 2.27. The van der Waals surface area contributed by atoms with Crippen molar-refractivity contribution in [2.75, 3.05) is 6.61 Å². The molecular weight excluding hydrogens is 388 g/mol. The third kappa shape index (κ3) is 4.60. The fraction of sp³-hybridized carbons (Fsp3) is 0.111. The number of carbonyl (C=O) groups is 2. The van der Waals surface area contributed by atoms with Crippen LogP contribution in [-0.2, 0) is 9.59 Å². The van der Waals surface area contributed by atoms with Gasteiger partial charge in [-0.2, -0.15) is 0 Å². The second-order valence-corrected chi connectivity index (χ2v) is 6.15. The molecule has 2 N–H and O–H groups in total. The average Bonchev–Trinajstić information content (AvgIpc) is 2.64. The van der Waals surface area contributed by atoms with Crippen LogP contribution in [0, 0.1) is 0 Å². The average molecular weight is 403 g/mol. The number of fused-ring (bicyclic) bond motifs is 1. The molecule has 0 spiro atoms. The number of rotatable bonds is 3. The quantitative estimate of drug-likeness (QED) is 0.610. The number of benzene rings is 2. The molecule has 0 saturated heterocycles. The SMILES string of the molecule is O=C(/C=C/c1cccc(Br)c1)NNC(=O)[C@H]1COc2ccccc2O1. The van der Waals surface area contributed by atoms with Gasteiger partial charge in [0.15, 0.2) is 11.5 Å². The van der Waals surface area contributed by atoms with Crippen molar-refractivity contribution in [2.45, 2.75) is 6.10 Å². The summed E-state index contributed by atoms with van der Waals surface area (Å²) in [4.78, 5) is 23.9. The summed E-state index contributed by atoms with van der Waals surface area (Å²) in [6.07, 6.45) is 2.14. The van der Waals surface area contributed by atoms with Crippen LogP contribution in [0.4, 0.5) is 0 Å². The van der Waals surface area contributed by atoms with Crippen LogP contribution in [0.25, 0.3) is 6.08 Å². The number of ether oxygens (including phenoxy) is 2. The Kier molecular flexibility index (Phi) is 5.35. The van der Waals surface area contributed by atoms with Gasteiger partial charge in [-0.05, 0) is 35.9 Å². The van der Waals surface area contributed by atoms with Crippen molar-refractivity contribution in [2.24, 2.45) is 0 Å². The molecule has 0 radical (unpaired) electrons. The molecule has 2 amide bonds. The molecule has 128 valence electrons. The predicted molar refractivity (Wildman–Crippen MR) is 95.8 cm³/mol. The Labute approximate surface area is 152 Å². The minimum absolute atomic E-state index is 0.0760. The van der Waals surface area contributed by atoms with Crippen LogP contribution < -0.4 is 20.3 Å². The van der Waals surface area contributed by atoms with E-state index in [1.54, 1.807) is 24.3 Å². The predicted octanol–water partition coefficient (Wildman–Crippen LogP) is 2.45. The molecule has 2 aromatic carbocycles. The maximum Gasteiger partial charge on any atom is 0.283 e. The Hall–Kier alpha value is -2.80. The van der Waals surface area contributed by atoms with Gasteiger partial charge in [-0.15, -0.1) is 0 Å². The van der Waals surface area contributed by atoms with Crippen molar-refractivity contribution in [3.8, 4) is 11.5 Å². The van der Waals surface area contributed by atoms with Crippen LogP contribution >= 0.6 is 15.9 Å². The monoisotopic (exact) mass is 402 g/mol. The minimum Gasteiger partial charge on any atom is -0.485 e. The molecule has 0 bridgehead atoms. The summed E-state index contributed by atoms with van der Waals surface area (Å²) >= 11 is 3.36. The molecule has 1 aliphatic rings. The van der Waals surface area contributed by atoms with Gasteiger partial charge in [-0.1, -0.05) is 40.2 Å². The van der Waals surface area contributed by atoms with Crippen LogP contribution in [0.3, 0.4) is 0 Å². The zero-order valence-electron chi connectivity index (χ0n) is 13.1. The van der Waals surface area contributed by atoms with E-state index in [0.717, 1.165) is 10.0 Å². The number of halogens is 1. The summed E-state index contributed by atoms with van der Waals surface area (Å²) in [6.45, 7) is 0.0760. The largest absolute Gasteiger partial charge is 0.485 e. The van der Waals surface area contributed by atoms with E-state index < -0.39 is 17.9 Å². The van der Waals surface area contributed by atoms with Crippen molar-refractivity contribution >= 4 is 33.8 Å². The normalized spacial score (nSPS) is 15.6. The number of carbonyl (C=O) groups excluding carboxylic acids is 2. The highest BCUT2D eigenvalue weighted by molar-refractivity contribution is 9.10. The molecule has 2 aromatic rings. The van der Waals surface area contributed by atoms with Crippen LogP contribution in [0.5, 0.6) is 11.5 Å². The van der Waals surface area contributed by atoms with Gasteiger partial charge >= 0.3 is 0 Å². The highest BCUT2D eigenvalue weighted by atomic mass is 79.9. The van der Waals surface area contributed by atoms with E-state index in [4.69, 9.17) is 9.47 Å². The first-order chi connectivity index (χ1) is 12.1. The van der Waals surface area contributed by atoms with Gasteiger partial charge in [0.25, 0.3) is 11.8 Å². The lowest BCUT2D eigenvalue weighted by atomic mass is 10.2. The van der Waals surface area contributed by atoms with Gasteiger partial charge in [0, 0.05) is 10.5 Å². The lowest BCUT2D eigenvalue weighted by Gasteiger charge is -2.25. The van der Waals surface area contributed by atoms with Crippen molar-refractivity contribution in [1.82, 2.24) is 10.9 Å². The Morgan fingerprint density at radius 3 is 2.68 bits per heavy atom. The molecule has 7 heteroatoms. The Balaban J connectivity index is 1.50. The molecule has 1 atom stereocenters. The van der Waals surface area contributed by atoms with Gasteiger partial charge in [-0.3, -0.25) is 20.4 Å². The Bertz CT molecular complexity index is 822. The maximum absolute atomic E-state index is 12.1. The molecular formula is C18H15BrN2O4. The third-order valence-electron chi connectivity index (χ3n) is 3.39. The number of amides is 2. The Morgan fingerprint density at radius 2 is 1.88 bits per heavy atom. The highest BCUT2D eigenvalue weighted by Crippen LogP contribution is 2.30. The van der Waals surface area contributed by atoms with Crippen LogP contribution in [0.2, 0.25) is 0 Å². The lowest BCUT2D eigenvalue weighted by molar-refractivity contribution is -0.134. The van der Waals surface area contributed by atoms with E-state index in [1.165, 1.54) is 6.08 Å². The van der Waals surface area contributed by atoms with Crippen molar-refractivity contribution in [3.05, 3.63) is 64.6 Å². The molecule has 0 fully saturated rings. The van der Waals surface area contributed by atoms with E-state index in [1.807, 2.05) is 30.3 Å². The smallest absolute Gasteiger partial charge is 0.283 e. The fourth-order valence-electron chi connectivity index (χ4n) is 2.18. The number of nitrogens with one attached hydrogen (secondary N) is 2. The molecule has 6 nitrogen and oxygen atoms in total. The van der Waals surface area contributed by atoms with Gasteiger partial charge in [0.05, 0.1) is 0 Å². The van der Waals surface area contributed by atoms with Crippen molar-refractivity contribution < 1.29 is 19.1 Å². The van der Waals surface area contributed by atoms with Crippen LogP contribution in [-0.4, -0.2) is 24.5 Å².